The largest absolute Gasteiger partial charge is 0.466 e. The highest BCUT2D eigenvalue weighted by molar-refractivity contribution is 5.87. The molecule has 1 N–H and O–H groups in total. The Labute approximate surface area is 79.5 Å². The molecule has 0 saturated carbocycles. The summed E-state index contributed by atoms with van der Waals surface area (Å²) in [6.45, 7) is 8.86. The molecule has 0 atom stereocenters. The van der Waals surface area contributed by atoms with Crippen molar-refractivity contribution >= 4 is 5.97 Å². The highest BCUT2D eigenvalue weighted by atomic mass is 16.5. The molecule has 0 amide bonds. The first-order chi connectivity index (χ1) is 6.07. The van der Waals surface area contributed by atoms with Crippen LogP contribution in [0.15, 0.2) is 23.8 Å². The molecule has 0 aromatic heterocycles. The maximum absolute atomic E-state index is 10.9. The lowest BCUT2D eigenvalue weighted by Gasteiger charge is -2.01. The molecule has 0 spiro atoms. The van der Waals surface area contributed by atoms with E-state index >= 15 is 0 Å². The van der Waals surface area contributed by atoms with Gasteiger partial charge in [-0.1, -0.05) is 18.2 Å². The van der Waals surface area contributed by atoms with Gasteiger partial charge in [-0.05, 0) is 13.8 Å². The quantitative estimate of drug-likeness (QED) is 0.302. The number of carbonyl (C=O) groups is 1. The van der Waals surface area contributed by atoms with Crippen LogP contribution < -0.4 is 5.32 Å². The molecule has 0 aromatic carbocycles. The van der Waals surface area contributed by atoms with Gasteiger partial charge < -0.3 is 10.1 Å². The highest BCUT2D eigenvalue weighted by Crippen LogP contribution is 1.93. The Bertz CT molecular complexity index is 219. The van der Waals surface area contributed by atoms with Crippen LogP contribution in [0.3, 0.4) is 0 Å². The lowest BCUT2D eigenvalue weighted by Crippen LogP contribution is -2.16. The van der Waals surface area contributed by atoms with E-state index in [0.717, 1.165) is 12.1 Å². The van der Waals surface area contributed by atoms with Crippen LogP contribution >= 0.6 is 0 Å². The van der Waals surface area contributed by atoms with Crippen molar-refractivity contribution < 1.29 is 9.53 Å². The van der Waals surface area contributed by atoms with Gasteiger partial charge >= 0.3 is 5.97 Å². The second-order valence-electron chi connectivity index (χ2n) is 2.97. The first kappa shape index (κ1) is 11.9. The normalized spacial score (nSPS) is 11.2. The van der Waals surface area contributed by atoms with E-state index < -0.39 is 0 Å². The van der Waals surface area contributed by atoms with Crippen LogP contribution in [0.4, 0.5) is 0 Å². The molecule has 3 nitrogen and oxygen atoms in total. The van der Waals surface area contributed by atoms with Crippen molar-refractivity contribution in [3.63, 3.8) is 0 Å². The molecule has 0 radical (unpaired) electrons. The number of ether oxygens (including phenoxy) is 1. The third-order valence-corrected chi connectivity index (χ3v) is 1.49. The summed E-state index contributed by atoms with van der Waals surface area (Å²) in [5, 5.41) is 3.11. The summed E-state index contributed by atoms with van der Waals surface area (Å²) in [6.07, 6.45) is 1.80. The molecule has 3 heteroatoms. The topological polar surface area (TPSA) is 38.3 Å². The summed E-state index contributed by atoms with van der Waals surface area (Å²) in [5.74, 6) is -0.280. The average Bonchev–Trinajstić information content (AvgIpc) is 2.10. The fourth-order valence-electron chi connectivity index (χ4n) is 0.755. The summed E-state index contributed by atoms with van der Waals surface area (Å²) in [6, 6.07) is 0. The van der Waals surface area contributed by atoms with Crippen LogP contribution in [-0.4, -0.2) is 26.2 Å². The van der Waals surface area contributed by atoms with Gasteiger partial charge in [0.15, 0.2) is 0 Å². The summed E-state index contributed by atoms with van der Waals surface area (Å²) in [4.78, 5) is 10.9. The molecule has 0 saturated heterocycles. The van der Waals surface area contributed by atoms with Gasteiger partial charge in [-0.15, -0.1) is 0 Å². The molecule has 0 bridgehead atoms. The zero-order valence-corrected chi connectivity index (χ0v) is 8.52. The first-order valence-corrected chi connectivity index (χ1v) is 4.18. The first-order valence-electron chi connectivity index (χ1n) is 4.18. The lowest BCUT2D eigenvalue weighted by molar-refractivity contribution is -0.136. The van der Waals surface area contributed by atoms with E-state index in [1.165, 1.54) is 7.11 Å². The van der Waals surface area contributed by atoms with E-state index in [1.54, 1.807) is 13.0 Å². The van der Waals surface area contributed by atoms with Crippen LogP contribution in [0.1, 0.15) is 13.8 Å². The van der Waals surface area contributed by atoms with Crippen LogP contribution in [-0.2, 0) is 9.53 Å². The van der Waals surface area contributed by atoms with Crippen LogP contribution in [0.5, 0.6) is 0 Å². The SMILES string of the molecule is C=C(C)CNCC=C(C)C(=O)OC. The van der Waals surface area contributed by atoms with Crippen molar-refractivity contribution in [1.82, 2.24) is 5.32 Å². The molecule has 0 fully saturated rings. The van der Waals surface area contributed by atoms with Gasteiger partial charge in [0.2, 0.25) is 0 Å². The van der Waals surface area contributed by atoms with Gasteiger partial charge in [0.05, 0.1) is 7.11 Å². The van der Waals surface area contributed by atoms with Crippen molar-refractivity contribution in [3.05, 3.63) is 23.8 Å². The fraction of sp³-hybridized carbons (Fsp3) is 0.500. The Morgan fingerprint density at radius 3 is 2.62 bits per heavy atom. The summed E-state index contributed by atoms with van der Waals surface area (Å²) in [5.41, 5.74) is 1.70. The fourth-order valence-corrected chi connectivity index (χ4v) is 0.755. The third-order valence-electron chi connectivity index (χ3n) is 1.49. The molecular weight excluding hydrogens is 166 g/mol. The minimum Gasteiger partial charge on any atom is -0.466 e. The number of nitrogens with one attached hydrogen (secondary N) is 1. The van der Waals surface area contributed by atoms with Crippen LogP contribution in [0.2, 0.25) is 0 Å². The molecular formula is C10H17NO2. The molecule has 0 aliphatic rings. The number of methoxy groups -OCH3 is 1. The molecule has 0 aromatic rings. The van der Waals surface area contributed by atoms with Crippen molar-refractivity contribution in [2.75, 3.05) is 20.2 Å². The molecule has 0 aliphatic carbocycles. The predicted octanol–water partition coefficient (Wildman–Crippen LogP) is 1.27. The van der Waals surface area contributed by atoms with Gasteiger partial charge in [0.1, 0.15) is 0 Å². The maximum atomic E-state index is 10.9. The zero-order valence-electron chi connectivity index (χ0n) is 8.52. The van der Waals surface area contributed by atoms with Gasteiger partial charge in [0, 0.05) is 18.7 Å². The Kier molecular flexibility index (Phi) is 5.89. The number of hydrogen-bond acceptors (Lipinski definition) is 3. The van der Waals surface area contributed by atoms with E-state index in [1.807, 2.05) is 6.92 Å². The maximum Gasteiger partial charge on any atom is 0.333 e. The second kappa shape index (κ2) is 6.43. The summed E-state index contributed by atoms with van der Waals surface area (Å²) >= 11 is 0. The Morgan fingerprint density at radius 1 is 1.54 bits per heavy atom. The summed E-state index contributed by atoms with van der Waals surface area (Å²) < 4.78 is 4.54. The van der Waals surface area contributed by atoms with E-state index in [4.69, 9.17) is 0 Å². The van der Waals surface area contributed by atoms with Crippen LogP contribution in [0, 0.1) is 0 Å². The van der Waals surface area contributed by atoms with Gasteiger partial charge in [-0.3, -0.25) is 0 Å². The van der Waals surface area contributed by atoms with Crippen molar-refractivity contribution in [3.8, 4) is 0 Å². The van der Waals surface area contributed by atoms with Crippen molar-refractivity contribution in [2.24, 2.45) is 0 Å². The number of rotatable bonds is 5. The molecule has 0 heterocycles. The molecule has 13 heavy (non-hydrogen) atoms. The monoisotopic (exact) mass is 183 g/mol. The molecule has 0 aliphatic heterocycles. The minimum absolute atomic E-state index is 0.280. The van der Waals surface area contributed by atoms with E-state index in [0.29, 0.717) is 12.1 Å². The number of carbonyl (C=O) groups excluding carboxylic acids is 1. The smallest absolute Gasteiger partial charge is 0.333 e. The third kappa shape index (κ3) is 6.11. The molecule has 74 valence electrons. The van der Waals surface area contributed by atoms with Gasteiger partial charge in [-0.25, -0.2) is 4.79 Å². The molecule has 0 unspecified atom stereocenters. The minimum atomic E-state index is -0.280. The van der Waals surface area contributed by atoms with E-state index in [2.05, 4.69) is 16.6 Å². The zero-order chi connectivity index (χ0) is 10.3. The van der Waals surface area contributed by atoms with Gasteiger partial charge in [-0.2, -0.15) is 0 Å². The Hall–Kier alpha value is -1.09. The molecule has 0 rings (SSSR count). The standard InChI is InChI=1S/C10H17NO2/c1-8(2)7-11-6-5-9(3)10(12)13-4/h5,11H,1,6-7H2,2-4H3. The Balaban J connectivity index is 3.71. The Morgan fingerprint density at radius 2 is 2.15 bits per heavy atom. The summed E-state index contributed by atoms with van der Waals surface area (Å²) in [7, 11) is 1.38. The van der Waals surface area contributed by atoms with Gasteiger partial charge in [0.25, 0.3) is 0 Å². The van der Waals surface area contributed by atoms with Crippen molar-refractivity contribution in [2.45, 2.75) is 13.8 Å². The van der Waals surface area contributed by atoms with Crippen LogP contribution in [0.25, 0.3) is 0 Å². The highest BCUT2D eigenvalue weighted by Gasteiger charge is 2.00. The van der Waals surface area contributed by atoms with E-state index in [9.17, 15) is 4.79 Å². The van der Waals surface area contributed by atoms with E-state index in [-0.39, 0.29) is 5.97 Å². The lowest BCUT2D eigenvalue weighted by atomic mass is 10.3. The number of esters is 1. The second-order valence-corrected chi connectivity index (χ2v) is 2.97. The van der Waals surface area contributed by atoms with Crippen molar-refractivity contribution in [1.29, 1.82) is 0 Å². The number of hydrogen-bond donors (Lipinski definition) is 1. The average molecular weight is 183 g/mol. The predicted molar refractivity (Wildman–Crippen MR) is 53.5 cm³/mol.